The monoisotopic (exact) mass is 1020 g/mol. The van der Waals surface area contributed by atoms with E-state index in [0.717, 1.165) is 0 Å². The highest BCUT2D eigenvalue weighted by molar-refractivity contribution is 7.00. The van der Waals surface area contributed by atoms with E-state index >= 15 is 0 Å². The van der Waals surface area contributed by atoms with Gasteiger partial charge in [0, 0.05) is 34.1 Å². The molecule has 0 unspecified atom stereocenters. The molecule has 0 atom stereocenters. The summed E-state index contributed by atoms with van der Waals surface area (Å²) in [5.41, 5.74) is 18.5. The maximum Gasteiger partial charge on any atom is 0.252 e. The van der Waals surface area contributed by atoms with Crippen LogP contribution in [0.4, 0.5) is 34.1 Å². The van der Waals surface area contributed by atoms with Gasteiger partial charge in [-0.2, -0.15) is 0 Å². The SMILES string of the molecule is CC(C)(C)c1cc(N2c3cc4ccc5ccccc5c4cc3B3c4cc5c(ccc6ccccc65)cc4N(c4cc(C(C)(C)C)cc(C(C)(C)C)c4)c4cc(-c5ccc6cc7ccccc7cc6c5)cc2c43)cc(C(C)(C)C)c1. The van der Waals surface area contributed by atoms with Crippen LogP contribution in [0.1, 0.15) is 105 Å². The van der Waals surface area contributed by atoms with Gasteiger partial charge >= 0.3 is 0 Å². The van der Waals surface area contributed by atoms with E-state index in [4.69, 9.17) is 0 Å². The van der Waals surface area contributed by atoms with Gasteiger partial charge in [-0.15, -0.1) is 0 Å². The number of nitrogens with zero attached hydrogens (tertiary/aromatic N) is 2. The van der Waals surface area contributed by atoms with Gasteiger partial charge in [-0.1, -0.05) is 217 Å². The molecule has 0 aliphatic carbocycles. The Bertz CT molecular complexity index is 4260. The summed E-state index contributed by atoms with van der Waals surface area (Å²) in [5.74, 6) is 0. The predicted octanol–water partition coefficient (Wildman–Crippen LogP) is 19.5. The lowest BCUT2D eigenvalue weighted by Crippen LogP contribution is -2.61. The van der Waals surface area contributed by atoms with Gasteiger partial charge in [0.2, 0.25) is 0 Å². The van der Waals surface area contributed by atoms with Crippen LogP contribution in [0.2, 0.25) is 0 Å². The third kappa shape index (κ3) is 8.06. The lowest BCUT2D eigenvalue weighted by molar-refractivity contribution is 0.568. The van der Waals surface area contributed by atoms with E-state index in [0.29, 0.717) is 0 Å². The van der Waals surface area contributed by atoms with E-state index in [1.54, 1.807) is 0 Å². The molecule has 0 spiro atoms. The van der Waals surface area contributed by atoms with Crippen LogP contribution in [0.15, 0.2) is 200 Å². The van der Waals surface area contributed by atoms with Crippen molar-refractivity contribution in [1.82, 2.24) is 0 Å². The average molecular weight is 1020 g/mol. The van der Waals surface area contributed by atoms with Crippen LogP contribution in [0, 0.1) is 0 Å². The molecule has 2 aliphatic rings. The van der Waals surface area contributed by atoms with Gasteiger partial charge < -0.3 is 9.80 Å². The first-order valence-corrected chi connectivity index (χ1v) is 28.6. The molecule has 2 nitrogen and oxygen atoms in total. The smallest absolute Gasteiger partial charge is 0.252 e. The summed E-state index contributed by atoms with van der Waals surface area (Å²) in [6.07, 6.45) is 0. The van der Waals surface area contributed by atoms with Gasteiger partial charge in [0.1, 0.15) is 0 Å². The van der Waals surface area contributed by atoms with Gasteiger partial charge in [0.05, 0.1) is 0 Å². The molecule has 0 saturated carbocycles. The minimum absolute atomic E-state index is 0.0988. The number of hydrogen-bond acceptors (Lipinski definition) is 2. The molecule has 386 valence electrons. The van der Waals surface area contributed by atoms with Crippen LogP contribution >= 0.6 is 0 Å². The molecule has 12 aromatic rings. The first-order valence-electron chi connectivity index (χ1n) is 28.6. The summed E-state index contributed by atoms with van der Waals surface area (Å²) in [6, 6.07) is 78.1. The van der Waals surface area contributed by atoms with Crippen LogP contribution in [-0.4, -0.2) is 6.71 Å². The second-order valence-corrected chi connectivity index (χ2v) is 27.2. The summed E-state index contributed by atoms with van der Waals surface area (Å²) in [4.78, 5) is 5.35. The Hall–Kier alpha value is -8.14. The molecule has 2 heterocycles. The second-order valence-electron chi connectivity index (χ2n) is 27.2. The predicted molar refractivity (Wildman–Crippen MR) is 346 cm³/mol. The van der Waals surface area contributed by atoms with Crippen molar-refractivity contribution in [3.05, 3.63) is 222 Å². The zero-order valence-corrected chi connectivity index (χ0v) is 48.0. The Balaban J connectivity index is 1.17. The van der Waals surface area contributed by atoms with Crippen LogP contribution in [0.25, 0.3) is 75.8 Å². The fraction of sp³-hybridized carbons (Fsp3) is 0.211. The van der Waals surface area contributed by atoms with E-state index in [9.17, 15) is 0 Å². The summed E-state index contributed by atoms with van der Waals surface area (Å²) in [5, 5.41) is 15.1. The minimum Gasteiger partial charge on any atom is -0.311 e. The normalized spacial score (nSPS) is 13.7. The van der Waals surface area contributed by atoms with Crippen LogP contribution in [0.3, 0.4) is 0 Å². The number of hydrogen-bond donors (Lipinski definition) is 0. The fourth-order valence-electron chi connectivity index (χ4n) is 13.1. The molecule has 2 aliphatic heterocycles. The Morgan fingerprint density at radius 3 is 1.06 bits per heavy atom. The summed E-state index contributed by atoms with van der Waals surface area (Å²) < 4.78 is 0. The molecule has 3 heteroatoms. The molecule has 0 radical (unpaired) electrons. The molecule has 0 bridgehead atoms. The third-order valence-corrected chi connectivity index (χ3v) is 17.6. The topological polar surface area (TPSA) is 6.48 Å². The van der Waals surface area contributed by atoms with Gasteiger partial charge in [-0.25, -0.2) is 0 Å². The standard InChI is InChI=1S/C76H69BN2/c1-73(2,3)56-38-57(74(4,5)6)41-60(40-56)78-68-34-52-29-25-46-19-15-17-23-62(46)64(52)44-66(68)77-67-45-65-53(30-26-47-20-16-18-24-63(47)65)35-69(67)79(61-42-58(75(7,8)9)39-59(43-61)76(10,11)12)71-37-55(36-70(78)72(71)77)51-28-27-50-31-48-21-13-14-22-49(48)32-54(50)33-51/h13-45H,1-12H3. The Morgan fingerprint density at radius 2 is 0.633 bits per heavy atom. The molecule has 0 amide bonds. The first-order chi connectivity index (χ1) is 37.6. The van der Waals surface area contributed by atoms with Gasteiger partial charge in [0.25, 0.3) is 6.71 Å². The van der Waals surface area contributed by atoms with Crippen molar-refractivity contribution >= 4 is 122 Å². The molecule has 0 fully saturated rings. The van der Waals surface area contributed by atoms with E-state index in [2.05, 4.69) is 293 Å². The van der Waals surface area contributed by atoms with Crippen molar-refractivity contribution in [2.75, 3.05) is 9.80 Å². The highest BCUT2D eigenvalue weighted by Crippen LogP contribution is 2.50. The van der Waals surface area contributed by atoms with Gasteiger partial charge in [0.15, 0.2) is 0 Å². The number of rotatable bonds is 3. The van der Waals surface area contributed by atoms with Crippen LogP contribution < -0.4 is 26.2 Å². The molecule has 12 aromatic carbocycles. The van der Waals surface area contributed by atoms with E-state index in [1.165, 1.54) is 149 Å². The molecular weight excluding hydrogens is 952 g/mol. The highest BCUT2D eigenvalue weighted by atomic mass is 15.2. The molecule has 0 aromatic heterocycles. The zero-order valence-electron chi connectivity index (χ0n) is 48.0. The number of benzene rings is 12. The molecule has 79 heavy (non-hydrogen) atoms. The lowest BCUT2D eigenvalue weighted by Gasteiger charge is -2.45. The maximum atomic E-state index is 2.67. The summed E-state index contributed by atoms with van der Waals surface area (Å²) >= 11 is 0. The second kappa shape index (κ2) is 17.2. The van der Waals surface area contributed by atoms with Crippen molar-refractivity contribution < 1.29 is 0 Å². The minimum atomic E-state index is -0.105. The Morgan fingerprint density at radius 1 is 0.266 bits per heavy atom. The van der Waals surface area contributed by atoms with E-state index in [1.807, 2.05) is 0 Å². The maximum absolute atomic E-state index is 2.67. The van der Waals surface area contributed by atoms with Crippen LogP contribution in [0.5, 0.6) is 0 Å². The van der Waals surface area contributed by atoms with Gasteiger partial charge in [-0.3, -0.25) is 0 Å². The average Bonchev–Trinajstić information content (AvgIpc) is 3.35. The first kappa shape index (κ1) is 49.2. The Labute approximate surface area is 467 Å². The molecular formula is C76H69BN2. The summed E-state index contributed by atoms with van der Waals surface area (Å²) in [6.45, 7) is 28.3. The fourth-order valence-corrected chi connectivity index (χ4v) is 13.1. The third-order valence-electron chi connectivity index (χ3n) is 17.6. The van der Waals surface area contributed by atoms with Crippen molar-refractivity contribution in [3.8, 4) is 11.1 Å². The van der Waals surface area contributed by atoms with Crippen molar-refractivity contribution in [2.24, 2.45) is 0 Å². The number of anilines is 6. The lowest BCUT2D eigenvalue weighted by atomic mass is 9.33. The van der Waals surface area contributed by atoms with Crippen molar-refractivity contribution in [1.29, 1.82) is 0 Å². The summed E-state index contributed by atoms with van der Waals surface area (Å²) in [7, 11) is 0. The van der Waals surface area contributed by atoms with Gasteiger partial charge in [-0.05, 0) is 203 Å². The van der Waals surface area contributed by atoms with E-state index in [-0.39, 0.29) is 28.4 Å². The van der Waals surface area contributed by atoms with Crippen molar-refractivity contribution in [3.63, 3.8) is 0 Å². The molecule has 0 N–H and O–H groups in total. The quantitative estimate of drug-likeness (QED) is 0.0989. The zero-order chi connectivity index (χ0) is 54.7. The van der Waals surface area contributed by atoms with Crippen LogP contribution in [-0.2, 0) is 21.7 Å². The molecule has 14 rings (SSSR count). The molecule has 0 saturated heterocycles. The van der Waals surface area contributed by atoms with Crippen molar-refractivity contribution in [2.45, 2.75) is 105 Å². The Kier molecular flexibility index (Phi) is 10.7. The number of fused-ring (bicyclic) bond motifs is 12. The van der Waals surface area contributed by atoms with E-state index < -0.39 is 0 Å². The highest BCUT2D eigenvalue weighted by Gasteiger charge is 2.45. The largest absolute Gasteiger partial charge is 0.311 e.